The first-order valence-electron chi connectivity index (χ1n) is 7.33. The Hall–Kier alpha value is -1.59. The Kier molecular flexibility index (Phi) is 4.41. The van der Waals surface area contributed by atoms with Gasteiger partial charge in [-0.1, -0.05) is 0 Å². The third-order valence-electron chi connectivity index (χ3n) is 3.99. The van der Waals surface area contributed by atoms with Gasteiger partial charge in [0.1, 0.15) is 5.76 Å². The van der Waals surface area contributed by atoms with Gasteiger partial charge in [0.05, 0.1) is 18.8 Å². The van der Waals surface area contributed by atoms with Crippen LogP contribution < -0.4 is 5.32 Å². The van der Waals surface area contributed by atoms with Crippen molar-refractivity contribution in [2.45, 2.75) is 31.8 Å². The molecule has 1 N–H and O–H groups in total. The van der Waals surface area contributed by atoms with E-state index >= 15 is 0 Å². The van der Waals surface area contributed by atoms with E-state index in [1.807, 2.05) is 19.1 Å². The summed E-state index contributed by atoms with van der Waals surface area (Å²) in [5, 5.41) is 7.29. The Labute approximate surface area is 128 Å². The molecule has 4 nitrogen and oxygen atoms in total. The van der Waals surface area contributed by atoms with Crippen molar-refractivity contribution >= 4 is 17.2 Å². The predicted octanol–water partition coefficient (Wildman–Crippen LogP) is 3.36. The number of carbonyl (C=O) groups is 1. The number of carbonyl (C=O) groups excluding carboxylic acids is 1. The summed E-state index contributed by atoms with van der Waals surface area (Å²) in [5.74, 6) is 0.847. The highest BCUT2D eigenvalue weighted by molar-refractivity contribution is 7.07. The number of nitrogens with one attached hydrogen (secondary N) is 1. The van der Waals surface area contributed by atoms with E-state index in [0.717, 1.165) is 25.1 Å². The van der Waals surface area contributed by atoms with Crippen molar-refractivity contribution in [2.75, 3.05) is 13.1 Å². The molecule has 1 fully saturated rings. The fraction of sp³-hybridized carbons (Fsp3) is 0.438. The Morgan fingerprint density at radius 2 is 2.48 bits per heavy atom. The van der Waals surface area contributed by atoms with Crippen LogP contribution >= 0.6 is 11.3 Å². The van der Waals surface area contributed by atoms with E-state index in [-0.39, 0.29) is 11.9 Å². The van der Waals surface area contributed by atoms with Crippen LogP contribution in [-0.2, 0) is 4.79 Å². The molecule has 0 saturated carbocycles. The molecule has 0 aromatic carbocycles. The van der Waals surface area contributed by atoms with Gasteiger partial charge in [0.2, 0.25) is 5.91 Å². The van der Waals surface area contributed by atoms with Crippen LogP contribution in [-0.4, -0.2) is 23.9 Å². The van der Waals surface area contributed by atoms with Gasteiger partial charge < -0.3 is 9.73 Å². The summed E-state index contributed by atoms with van der Waals surface area (Å²) in [5.41, 5.74) is 1.34. The molecule has 2 aromatic heterocycles. The zero-order valence-corrected chi connectivity index (χ0v) is 12.9. The second kappa shape index (κ2) is 6.45. The molecule has 3 heterocycles. The Morgan fingerprint density at radius 3 is 3.19 bits per heavy atom. The van der Waals surface area contributed by atoms with Crippen LogP contribution in [0.15, 0.2) is 39.6 Å². The monoisotopic (exact) mass is 304 g/mol. The predicted molar refractivity (Wildman–Crippen MR) is 83.1 cm³/mol. The number of likely N-dealkylation sites (tertiary alicyclic amines) is 1. The van der Waals surface area contributed by atoms with E-state index in [9.17, 15) is 4.79 Å². The summed E-state index contributed by atoms with van der Waals surface area (Å²) >= 11 is 1.72. The minimum atomic E-state index is -0.0882. The first-order valence-corrected chi connectivity index (χ1v) is 8.27. The Morgan fingerprint density at radius 1 is 1.57 bits per heavy atom. The van der Waals surface area contributed by atoms with Crippen molar-refractivity contribution in [3.05, 3.63) is 46.5 Å². The molecule has 112 valence electrons. The van der Waals surface area contributed by atoms with Crippen LogP contribution in [0.2, 0.25) is 0 Å². The van der Waals surface area contributed by atoms with Crippen molar-refractivity contribution in [3.63, 3.8) is 0 Å². The number of furan rings is 1. The lowest BCUT2D eigenvalue weighted by molar-refractivity contribution is -0.123. The van der Waals surface area contributed by atoms with E-state index < -0.39 is 0 Å². The highest BCUT2D eigenvalue weighted by Gasteiger charge is 2.28. The molecule has 1 amide bonds. The lowest BCUT2D eigenvalue weighted by atomic mass is 10.1. The number of rotatable bonds is 5. The van der Waals surface area contributed by atoms with Crippen LogP contribution in [0.3, 0.4) is 0 Å². The van der Waals surface area contributed by atoms with Crippen LogP contribution in [0, 0.1) is 0 Å². The molecule has 21 heavy (non-hydrogen) atoms. The van der Waals surface area contributed by atoms with Crippen LogP contribution in [0.25, 0.3) is 0 Å². The summed E-state index contributed by atoms with van der Waals surface area (Å²) in [6, 6.07) is 6.19. The van der Waals surface area contributed by atoms with Crippen molar-refractivity contribution in [2.24, 2.45) is 0 Å². The van der Waals surface area contributed by atoms with Gasteiger partial charge in [-0.15, -0.1) is 0 Å². The molecule has 3 rings (SSSR count). The number of amides is 1. The number of hydrogen-bond acceptors (Lipinski definition) is 4. The fourth-order valence-corrected chi connectivity index (χ4v) is 3.64. The van der Waals surface area contributed by atoms with Crippen LogP contribution in [0.1, 0.15) is 43.2 Å². The third kappa shape index (κ3) is 3.36. The van der Waals surface area contributed by atoms with Crippen molar-refractivity contribution in [1.29, 1.82) is 0 Å². The first-order chi connectivity index (χ1) is 10.2. The summed E-state index contributed by atoms with van der Waals surface area (Å²) in [7, 11) is 0. The summed E-state index contributed by atoms with van der Waals surface area (Å²) < 4.78 is 5.32. The van der Waals surface area contributed by atoms with Gasteiger partial charge in [0.15, 0.2) is 0 Å². The fourth-order valence-electron chi connectivity index (χ4n) is 2.94. The molecule has 0 radical (unpaired) electrons. The molecule has 2 unspecified atom stereocenters. The molecule has 0 aliphatic carbocycles. The van der Waals surface area contributed by atoms with Gasteiger partial charge in [0.25, 0.3) is 0 Å². The van der Waals surface area contributed by atoms with Crippen LogP contribution in [0.4, 0.5) is 0 Å². The van der Waals surface area contributed by atoms with Gasteiger partial charge in [0, 0.05) is 6.04 Å². The molecule has 5 heteroatoms. The number of hydrogen-bond donors (Lipinski definition) is 1. The molecular formula is C16H20N2O2S. The van der Waals surface area contributed by atoms with Gasteiger partial charge in [-0.25, -0.2) is 0 Å². The number of nitrogens with zero attached hydrogens (tertiary/aromatic N) is 1. The van der Waals surface area contributed by atoms with Crippen molar-refractivity contribution < 1.29 is 9.21 Å². The maximum Gasteiger partial charge on any atom is 0.234 e. The zero-order valence-electron chi connectivity index (χ0n) is 12.1. The van der Waals surface area contributed by atoms with Gasteiger partial charge in [-0.2, -0.15) is 11.3 Å². The maximum absolute atomic E-state index is 12.2. The van der Waals surface area contributed by atoms with Gasteiger partial charge in [-0.3, -0.25) is 9.69 Å². The second-order valence-electron chi connectivity index (χ2n) is 5.49. The lowest BCUT2D eigenvalue weighted by Crippen LogP contribution is -2.37. The van der Waals surface area contributed by atoms with E-state index in [1.165, 1.54) is 5.56 Å². The van der Waals surface area contributed by atoms with E-state index in [4.69, 9.17) is 4.42 Å². The SMILES string of the molecule is CC(NC(=O)CN1CCCC1c1ccsc1)c1ccco1. The zero-order chi connectivity index (χ0) is 14.7. The minimum Gasteiger partial charge on any atom is -0.467 e. The standard InChI is InChI=1S/C16H20N2O2S/c1-12(15-5-3-8-20-15)17-16(19)10-18-7-2-4-14(18)13-6-9-21-11-13/h3,5-6,8-9,11-12,14H,2,4,7,10H2,1H3,(H,17,19). The topological polar surface area (TPSA) is 45.5 Å². The van der Waals surface area contributed by atoms with E-state index in [2.05, 4.69) is 27.0 Å². The average Bonchev–Trinajstić information content (AvgIpc) is 3.21. The summed E-state index contributed by atoms with van der Waals surface area (Å²) in [4.78, 5) is 14.5. The van der Waals surface area contributed by atoms with E-state index in [1.54, 1.807) is 17.6 Å². The molecule has 1 aliphatic rings. The molecule has 1 saturated heterocycles. The van der Waals surface area contributed by atoms with Crippen molar-refractivity contribution in [1.82, 2.24) is 10.2 Å². The normalized spacial score (nSPS) is 20.5. The third-order valence-corrected chi connectivity index (χ3v) is 4.69. The Bertz CT molecular complexity index is 565. The molecule has 2 atom stereocenters. The Balaban J connectivity index is 1.57. The second-order valence-corrected chi connectivity index (χ2v) is 6.27. The van der Waals surface area contributed by atoms with Crippen LogP contribution in [0.5, 0.6) is 0 Å². The van der Waals surface area contributed by atoms with Crippen molar-refractivity contribution in [3.8, 4) is 0 Å². The molecule has 0 bridgehead atoms. The van der Waals surface area contributed by atoms with Gasteiger partial charge in [-0.05, 0) is 60.8 Å². The molecular weight excluding hydrogens is 284 g/mol. The molecule has 0 spiro atoms. The average molecular weight is 304 g/mol. The largest absolute Gasteiger partial charge is 0.467 e. The number of thiophene rings is 1. The first kappa shape index (κ1) is 14.4. The summed E-state index contributed by atoms with van der Waals surface area (Å²) in [6.45, 7) is 3.38. The smallest absolute Gasteiger partial charge is 0.234 e. The maximum atomic E-state index is 12.2. The van der Waals surface area contributed by atoms with Gasteiger partial charge >= 0.3 is 0 Å². The summed E-state index contributed by atoms with van der Waals surface area (Å²) in [6.07, 6.45) is 3.92. The molecule has 1 aliphatic heterocycles. The lowest BCUT2D eigenvalue weighted by Gasteiger charge is -2.24. The highest BCUT2D eigenvalue weighted by Crippen LogP contribution is 2.32. The molecule has 2 aromatic rings. The minimum absolute atomic E-state index is 0.0565. The van der Waals surface area contributed by atoms with E-state index in [0.29, 0.717) is 12.6 Å². The highest BCUT2D eigenvalue weighted by atomic mass is 32.1. The quantitative estimate of drug-likeness (QED) is 0.921.